The maximum Gasteiger partial charge on any atom is 0.231 e. The number of aromatic nitrogens is 3. The number of halogens is 1. The predicted octanol–water partition coefficient (Wildman–Crippen LogP) is 3.81. The van der Waals surface area contributed by atoms with Crippen molar-refractivity contribution in [2.24, 2.45) is 0 Å². The quantitative estimate of drug-likeness (QED) is 0.706. The molecule has 4 rings (SSSR count). The summed E-state index contributed by atoms with van der Waals surface area (Å²) in [7, 11) is 0. The largest absolute Gasteiger partial charge is 0.275 e. The average Bonchev–Trinajstić information content (AvgIpc) is 3.11. The molecule has 3 aromatic rings. The van der Waals surface area contributed by atoms with E-state index < -0.39 is 0 Å². The molecule has 0 saturated carbocycles. The van der Waals surface area contributed by atoms with Crippen molar-refractivity contribution in [2.75, 3.05) is 4.90 Å². The monoisotopic (exact) mass is 350 g/mol. The van der Waals surface area contributed by atoms with E-state index in [-0.39, 0.29) is 23.8 Å². The summed E-state index contributed by atoms with van der Waals surface area (Å²) in [5, 5.41) is 4.33. The van der Waals surface area contributed by atoms with E-state index in [0.29, 0.717) is 12.4 Å². The number of fused-ring (bicyclic) bond motifs is 1. The van der Waals surface area contributed by atoms with Crippen LogP contribution in [0, 0.1) is 12.7 Å². The summed E-state index contributed by atoms with van der Waals surface area (Å²) in [6, 6.07) is 14.3. The molecule has 1 aliphatic rings. The van der Waals surface area contributed by atoms with Crippen LogP contribution in [0.4, 0.5) is 10.3 Å². The summed E-state index contributed by atoms with van der Waals surface area (Å²) in [4.78, 5) is 18.4. The lowest BCUT2D eigenvalue weighted by molar-refractivity contribution is -0.117. The van der Waals surface area contributed by atoms with Crippen LogP contribution in [-0.2, 0) is 4.79 Å². The Labute approximate surface area is 151 Å². The van der Waals surface area contributed by atoms with Crippen molar-refractivity contribution >= 4 is 11.9 Å². The van der Waals surface area contributed by atoms with Gasteiger partial charge in [-0.05, 0) is 36.6 Å². The van der Waals surface area contributed by atoms with Gasteiger partial charge in [0.15, 0.2) is 0 Å². The third-order valence-corrected chi connectivity index (χ3v) is 4.88. The van der Waals surface area contributed by atoms with Gasteiger partial charge >= 0.3 is 0 Å². The van der Waals surface area contributed by atoms with Crippen LogP contribution in [-0.4, -0.2) is 20.7 Å². The number of benzene rings is 2. The molecule has 0 fully saturated rings. The standard InChI is InChI=1S/C20H19FN4O/c1-13-3-5-15(6-4-13)18-11-19(16-7-9-17(21)10-8-16)25-20(22-12-23-25)24(18)14(2)26/h3-10,12,18-19H,11H2,1-2H3/t18-,19+/m1/s1. The minimum atomic E-state index is -0.274. The van der Waals surface area contributed by atoms with Gasteiger partial charge in [0.05, 0.1) is 12.1 Å². The number of hydrogen-bond donors (Lipinski definition) is 0. The van der Waals surface area contributed by atoms with Crippen molar-refractivity contribution in [3.05, 3.63) is 77.4 Å². The van der Waals surface area contributed by atoms with Crippen molar-refractivity contribution in [1.82, 2.24) is 14.8 Å². The lowest BCUT2D eigenvalue weighted by atomic mass is 9.91. The number of nitrogens with zero attached hydrogens (tertiary/aromatic N) is 4. The Morgan fingerprint density at radius 2 is 1.65 bits per heavy atom. The van der Waals surface area contributed by atoms with E-state index in [1.165, 1.54) is 18.5 Å². The molecule has 132 valence electrons. The summed E-state index contributed by atoms with van der Waals surface area (Å²) in [6.45, 7) is 3.57. The van der Waals surface area contributed by atoms with Crippen LogP contribution in [0.15, 0.2) is 54.9 Å². The van der Waals surface area contributed by atoms with Gasteiger partial charge in [0, 0.05) is 6.92 Å². The molecule has 1 aliphatic heterocycles. The molecule has 0 spiro atoms. The van der Waals surface area contributed by atoms with E-state index in [0.717, 1.165) is 16.7 Å². The second-order valence-electron chi connectivity index (χ2n) is 6.62. The van der Waals surface area contributed by atoms with Gasteiger partial charge in [-0.25, -0.2) is 9.07 Å². The molecule has 2 heterocycles. The summed E-state index contributed by atoms with van der Waals surface area (Å²) in [6.07, 6.45) is 2.10. The molecule has 5 nitrogen and oxygen atoms in total. The summed E-state index contributed by atoms with van der Waals surface area (Å²) < 4.78 is 15.1. The van der Waals surface area contributed by atoms with Gasteiger partial charge in [-0.3, -0.25) is 9.69 Å². The lowest BCUT2D eigenvalue weighted by Gasteiger charge is -2.38. The topological polar surface area (TPSA) is 51.0 Å². The van der Waals surface area contributed by atoms with Crippen LogP contribution in [0.5, 0.6) is 0 Å². The summed E-state index contributed by atoms with van der Waals surface area (Å²) in [5.74, 6) is 0.162. The number of carbonyl (C=O) groups excluding carboxylic acids is 1. The zero-order valence-corrected chi connectivity index (χ0v) is 14.6. The first kappa shape index (κ1) is 16.4. The summed E-state index contributed by atoms with van der Waals surface area (Å²) in [5.41, 5.74) is 3.16. The van der Waals surface area contributed by atoms with E-state index in [1.807, 2.05) is 31.2 Å². The van der Waals surface area contributed by atoms with Crippen LogP contribution in [0.1, 0.15) is 42.1 Å². The Bertz CT molecular complexity index is 933. The van der Waals surface area contributed by atoms with Gasteiger partial charge in [0.25, 0.3) is 0 Å². The highest BCUT2D eigenvalue weighted by Crippen LogP contribution is 2.41. The number of hydrogen-bond acceptors (Lipinski definition) is 3. The first-order valence-corrected chi connectivity index (χ1v) is 8.56. The fraction of sp³-hybridized carbons (Fsp3) is 0.250. The molecule has 2 atom stereocenters. The van der Waals surface area contributed by atoms with Crippen molar-refractivity contribution in [3.8, 4) is 0 Å². The van der Waals surface area contributed by atoms with Gasteiger partial charge in [-0.15, -0.1) is 0 Å². The third kappa shape index (κ3) is 2.77. The minimum Gasteiger partial charge on any atom is -0.275 e. The van der Waals surface area contributed by atoms with E-state index in [1.54, 1.807) is 28.6 Å². The van der Waals surface area contributed by atoms with Crippen molar-refractivity contribution in [2.45, 2.75) is 32.4 Å². The Morgan fingerprint density at radius 1 is 1.04 bits per heavy atom. The maximum absolute atomic E-state index is 13.3. The normalized spacial score (nSPS) is 19.3. The Kier molecular flexibility index (Phi) is 4.03. The van der Waals surface area contributed by atoms with Crippen LogP contribution in [0.3, 0.4) is 0 Å². The molecule has 0 unspecified atom stereocenters. The Morgan fingerprint density at radius 3 is 2.31 bits per heavy atom. The van der Waals surface area contributed by atoms with Gasteiger partial charge in [-0.2, -0.15) is 10.1 Å². The molecular weight excluding hydrogens is 331 g/mol. The van der Waals surface area contributed by atoms with E-state index >= 15 is 0 Å². The van der Waals surface area contributed by atoms with E-state index in [4.69, 9.17) is 0 Å². The number of amides is 1. The minimum absolute atomic E-state index is 0.0811. The Hall–Kier alpha value is -3.02. The molecule has 2 aromatic carbocycles. The second kappa shape index (κ2) is 6.37. The van der Waals surface area contributed by atoms with Gasteiger partial charge in [0.2, 0.25) is 11.9 Å². The zero-order chi connectivity index (χ0) is 18.3. The molecule has 0 aliphatic carbocycles. The number of aryl methyl sites for hydroxylation is 1. The first-order valence-electron chi connectivity index (χ1n) is 8.56. The second-order valence-corrected chi connectivity index (χ2v) is 6.62. The number of anilines is 1. The van der Waals surface area contributed by atoms with Crippen LogP contribution in [0.25, 0.3) is 0 Å². The van der Waals surface area contributed by atoms with E-state index in [9.17, 15) is 9.18 Å². The molecular formula is C20H19FN4O. The fourth-order valence-corrected chi connectivity index (χ4v) is 3.59. The number of rotatable bonds is 2. The number of carbonyl (C=O) groups is 1. The molecule has 0 radical (unpaired) electrons. The molecule has 0 saturated heterocycles. The lowest BCUT2D eigenvalue weighted by Crippen LogP contribution is -2.41. The predicted molar refractivity (Wildman–Crippen MR) is 96.3 cm³/mol. The van der Waals surface area contributed by atoms with Gasteiger partial charge in [0.1, 0.15) is 12.1 Å². The third-order valence-electron chi connectivity index (χ3n) is 4.88. The van der Waals surface area contributed by atoms with Crippen LogP contribution >= 0.6 is 0 Å². The molecule has 1 aromatic heterocycles. The van der Waals surface area contributed by atoms with Crippen LogP contribution < -0.4 is 4.90 Å². The highest BCUT2D eigenvalue weighted by molar-refractivity contribution is 5.90. The maximum atomic E-state index is 13.3. The zero-order valence-electron chi connectivity index (χ0n) is 14.6. The highest BCUT2D eigenvalue weighted by Gasteiger charge is 2.38. The fourth-order valence-electron chi connectivity index (χ4n) is 3.59. The van der Waals surface area contributed by atoms with Crippen LogP contribution in [0.2, 0.25) is 0 Å². The molecule has 6 heteroatoms. The molecule has 0 bridgehead atoms. The smallest absolute Gasteiger partial charge is 0.231 e. The highest BCUT2D eigenvalue weighted by atomic mass is 19.1. The summed E-state index contributed by atoms with van der Waals surface area (Å²) >= 11 is 0. The molecule has 1 amide bonds. The first-order chi connectivity index (χ1) is 12.5. The van der Waals surface area contributed by atoms with Gasteiger partial charge < -0.3 is 0 Å². The van der Waals surface area contributed by atoms with E-state index in [2.05, 4.69) is 10.1 Å². The SMILES string of the molecule is CC(=O)N1c2ncnn2[C@H](c2ccc(F)cc2)C[C@@H]1c1ccc(C)cc1. The molecule has 0 N–H and O–H groups in total. The Balaban J connectivity index is 1.82. The average molecular weight is 350 g/mol. The van der Waals surface area contributed by atoms with Crippen molar-refractivity contribution < 1.29 is 9.18 Å². The van der Waals surface area contributed by atoms with Crippen molar-refractivity contribution in [1.29, 1.82) is 0 Å². The molecule has 26 heavy (non-hydrogen) atoms. The van der Waals surface area contributed by atoms with Gasteiger partial charge in [-0.1, -0.05) is 42.0 Å². The van der Waals surface area contributed by atoms with Crippen molar-refractivity contribution in [3.63, 3.8) is 0 Å².